The maximum Gasteiger partial charge on any atom is 0.241 e. The molecule has 0 radical (unpaired) electrons. The van der Waals surface area contributed by atoms with Crippen LogP contribution in [0.5, 0.6) is 0 Å². The predicted molar refractivity (Wildman–Crippen MR) is 100 cm³/mol. The molecule has 0 spiro atoms. The van der Waals surface area contributed by atoms with Crippen LogP contribution in [0.2, 0.25) is 0 Å². The number of aromatic nitrogens is 1. The standard InChI is InChI=1S/C18H27N5O2/c1-12(22-18(25)16(20-2)8-5-9-19)17(24)23-14-10-13-6-3-4-7-15(13)21-11-14/h3-4,6-7,10-12,16,18,20,22,25H,5,8-9,19H2,1-2H3,(H,23,24)/t12-,16+,18?/m1/s1. The Morgan fingerprint density at radius 2 is 2.12 bits per heavy atom. The van der Waals surface area contributed by atoms with E-state index >= 15 is 0 Å². The van der Waals surface area contributed by atoms with Gasteiger partial charge in [-0.1, -0.05) is 18.2 Å². The smallest absolute Gasteiger partial charge is 0.241 e. The van der Waals surface area contributed by atoms with Crippen LogP contribution in [0.1, 0.15) is 19.8 Å². The van der Waals surface area contributed by atoms with E-state index in [0.717, 1.165) is 23.7 Å². The number of aliphatic hydroxyl groups excluding tert-OH is 1. The number of carbonyl (C=O) groups excluding carboxylic acids is 1. The summed E-state index contributed by atoms with van der Waals surface area (Å²) in [7, 11) is 1.78. The molecule has 6 N–H and O–H groups in total. The van der Waals surface area contributed by atoms with E-state index in [9.17, 15) is 9.90 Å². The van der Waals surface area contributed by atoms with Gasteiger partial charge in [0, 0.05) is 11.4 Å². The van der Waals surface area contributed by atoms with Gasteiger partial charge in [0.15, 0.2) is 0 Å². The molecule has 1 heterocycles. The van der Waals surface area contributed by atoms with E-state index in [2.05, 4.69) is 20.9 Å². The summed E-state index contributed by atoms with van der Waals surface area (Å²) in [6, 6.07) is 8.86. The van der Waals surface area contributed by atoms with Crippen LogP contribution in [0.4, 0.5) is 5.69 Å². The number of benzene rings is 1. The number of hydrogen-bond acceptors (Lipinski definition) is 6. The number of fused-ring (bicyclic) bond motifs is 1. The van der Waals surface area contributed by atoms with Crippen LogP contribution in [-0.2, 0) is 4.79 Å². The van der Waals surface area contributed by atoms with E-state index < -0.39 is 12.3 Å². The quantitative estimate of drug-likeness (QED) is 0.430. The monoisotopic (exact) mass is 345 g/mol. The van der Waals surface area contributed by atoms with Gasteiger partial charge in [0.1, 0.15) is 6.23 Å². The van der Waals surface area contributed by atoms with Crippen molar-refractivity contribution in [3.8, 4) is 0 Å². The van der Waals surface area contributed by atoms with Crippen LogP contribution in [0.15, 0.2) is 36.5 Å². The van der Waals surface area contributed by atoms with E-state index in [0.29, 0.717) is 12.2 Å². The summed E-state index contributed by atoms with van der Waals surface area (Å²) in [4.78, 5) is 16.7. The summed E-state index contributed by atoms with van der Waals surface area (Å²) >= 11 is 0. The van der Waals surface area contributed by atoms with Gasteiger partial charge in [0.2, 0.25) is 5.91 Å². The minimum atomic E-state index is -0.841. The molecule has 2 aromatic rings. The second kappa shape index (κ2) is 9.43. The number of nitrogens with two attached hydrogens (primary N) is 1. The van der Waals surface area contributed by atoms with Gasteiger partial charge >= 0.3 is 0 Å². The Hall–Kier alpha value is -2.06. The Balaban J connectivity index is 1.94. The summed E-state index contributed by atoms with van der Waals surface area (Å²) in [5.41, 5.74) is 7.01. The molecule has 1 unspecified atom stereocenters. The third kappa shape index (κ3) is 5.47. The van der Waals surface area contributed by atoms with Crippen molar-refractivity contribution in [1.29, 1.82) is 0 Å². The van der Waals surface area contributed by atoms with Gasteiger partial charge < -0.3 is 21.5 Å². The highest BCUT2D eigenvalue weighted by Gasteiger charge is 2.22. The fourth-order valence-corrected chi connectivity index (χ4v) is 2.64. The van der Waals surface area contributed by atoms with Gasteiger partial charge in [-0.25, -0.2) is 0 Å². The van der Waals surface area contributed by atoms with Gasteiger partial charge in [0.05, 0.1) is 23.4 Å². The van der Waals surface area contributed by atoms with Crippen LogP contribution in [-0.4, -0.2) is 47.9 Å². The highest BCUT2D eigenvalue weighted by molar-refractivity contribution is 5.96. The molecule has 1 aromatic heterocycles. The normalized spacial score (nSPS) is 14.9. The fraction of sp³-hybridized carbons (Fsp3) is 0.444. The Labute approximate surface area is 148 Å². The van der Waals surface area contributed by atoms with Gasteiger partial charge in [-0.15, -0.1) is 0 Å². The largest absolute Gasteiger partial charge is 0.377 e. The van der Waals surface area contributed by atoms with Crippen molar-refractivity contribution < 1.29 is 9.90 Å². The molecule has 0 bridgehead atoms. The summed E-state index contributed by atoms with van der Waals surface area (Å²) in [6.07, 6.45) is 2.31. The summed E-state index contributed by atoms with van der Waals surface area (Å²) in [5.74, 6) is -0.232. The van der Waals surface area contributed by atoms with E-state index in [1.54, 1.807) is 20.2 Å². The van der Waals surface area contributed by atoms with Crippen LogP contribution >= 0.6 is 0 Å². The lowest BCUT2D eigenvalue weighted by Gasteiger charge is -2.26. The molecular weight excluding hydrogens is 318 g/mol. The first-order chi connectivity index (χ1) is 12.0. The van der Waals surface area contributed by atoms with Gasteiger partial charge in [-0.3, -0.25) is 15.1 Å². The van der Waals surface area contributed by atoms with Gasteiger partial charge in [-0.2, -0.15) is 0 Å². The summed E-state index contributed by atoms with van der Waals surface area (Å²) < 4.78 is 0. The number of nitrogens with zero attached hydrogens (tertiary/aromatic N) is 1. The molecule has 3 atom stereocenters. The Morgan fingerprint density at radius 3 is 2.84 bits per heavy atom. The second-order valence-electron chi connectivity index (χ2n) is 6.07. The molecule has 0 aliphatic carbocycles. The molecule has 0 fully saturated rings. The number of amides is 1. The number of nitrogens with one attached hydrogen (secondary N) is 3. The number of carbonyl (C=O) groups is 1. The predicted octanol–water partition coefficient (Wildman–Crippen LogP) is 0.797. The number of para-hydroxylation sites is 1. The number of rotatable bonds is 9. The van der Waals surface area contributed by atoms with Crippen LogP contribution in [0, 0.1) is 0 Å². The average Bonchev–Trinajstić information content (AvgIpc) is 2.62. The average molecular weight is 345 g/mol. The molecule has 25 heavy (non-hydrogen) atoms. The number of anilines is 1. The third-order valence-corrected chi connectivity index (χ3v) is 4.14. The molecule has 0 saturated heterocycles. The molecule has 0 saturated carbocycles. The molecule has 2 rings (SSSR count). The Kier molecular flexibility index (Phi) is 7.27. The van der Waals surface area contributed by atoms with Crippen LogP contribution in [0.3, 0.4) is 0 Å². The first kappa shape index (κ1) is 19.3. The highest BCUT2D eigenvalue weighted by Crippen LogP contribution is 2.16. The number of hydrogen-bond donors (Lipinski definition) is 5. The summed E-state index contributed by atoms with van der Waals surface area (Å²) in [5, 5.41) is 20.0. The Morgan fingerprint density at radius 1 is 1.36 bits per heavy atom. The zero-order valence-electron chi connectivity index (χ0n) is 14.7. The Bertz CT molecular complexity index is 694. The molecule has 1 aromatic carbocycles. The molecule has 7 heteroatoms. The van der Waals surface area contributed by atoms with E-state index in [-0.39, 0.29) is 11.9 Å². The maximum atomic E-state index is 12.4. The molecule has 1 amide bonds. The van der Waals surface area contributed by atoms with E-state index in [1.807, 2.05) is 30.3 Å². The van der Waals surface area contributed by atoms with Crippen molar-refractivity contribution in [3.05, 3.63) is 36.5 Å². The third-order valence-electron chi connectivity index (χ3n) is 4.14. The lowest BCUT2D eigenvalue weighted by molar-refractivity contribution is -0.118. The van der Waals surface area contributed by atoms with Crippen molar-refractivity contribution in [2.45, 2.75) is 38.1 Å². The summed E-state index contributed by atoms with van der Waals surface area (Å²) in [6.45, 7) is 2.28. The minimum Gasteiger partial charge on any atom is -0.377 e. The molecule has 7 nitrogen and oxygen atoms in total. The second-order valence-corrected chi connectivity index (χ2v) is 6.07. The first-order valence-corrected chi connectivity index (χ1v) is 8.52. The van der Waals surface area contributed by atoms with Crippen molar-refractivity contribution in [2.75, 3.05) is 18.9 Å². The first-order valence-electron chi connectivity index (χ1n) is 8.52. The highest BCUT2D eigenvalue weighted by atomic mass is 16.3. The molecule has 136 valence electrons. The SMILES string of the molecule is CN[C@@H](CCCN)C(O)N[C@H](C)C(=O)Nc1cnc2ccccc2c1. The van der Waals surface area contributed by atoms with Crippen LogP contribution < -0.4 is 21.7 Å². The van der Waals surface area contributed by atoms with Crippen molar-refractivity contribution in [3.63, 3.8) is 0 Å². The van der Waals surface area contributed by atoms with Crippen LogP contribution in [0.25, 0.3) is 10.9 Å². The minimum absolute atomic E-state index is 0.166. The topological polar surface area (TPSA) is 112 Å². The van der Waals surface area contributed by atoms with E-state index in [4.69, 9.17) is 5.73 Å². The van der Waals surface area contributed by atoms with E-state index in [1.165, 1.54) is 0 Å². The molecule has 0 aliphatic heterocycles. The molecular formula is C18H27N5O2. The van der Waals surface area contributed by atoms with Gasteiger partial charge in [0.25, 0.3) is 0 Å². The lowest BCUT2D eigenvalue weighted by Crippen LogP contribution is -2.52. The number of likely N-dealkylation sites (N-methyl/N-ethyl adjacent to an activating group) is 1. The van der Waals surface area contributed by atoms with Crippen molar-refractivity contribution in [2.24, 2.45) is 5.73 Å². The molecule has 0 aliphatic rings. The zero-order valence-corrected chi connectivity index (χ0v) is 14.7. The lowest BCUT2D eigenvalue weighted by atomic mass is 10.1. The number of pyridine rings is 1. The maximum absolute atomic E-state index is 12.4. The van der Waals surface area contributed by atoms with Gasteiger partial charge in [-0.05, 0) is 45.5 Å². The van der Waals surface area contributed by atoms with Crippen molar-refractivity contribution in [1.82, 2.24) is 15.6 Å². The number of aliphatic hydroxyl groups is 1. The zero-order chi connectivity index (χ0) is 18.2. The fourth-order valence-electron chi connectivity index (χ4n) is 2.64. The van der Waals surface area contributed by atoms with Crippen molar-refractivity contribution >= 4 is 22.5 Å².